The molecule has 4 nitrogen and oxygen atoms in total. The Hall–Kier alpha value is -1.49. The maximum Gasteiger partial charge on any atom is 0.313 e. The molecule has 1 aliphatic rings. The summed E-state index contributed by atoms with van der Waals surface area (Å²) < 4.78 is 2.25. The normalized spacial score (nSPS) is 16.2. The summed E-state index contributed by atoms with van der Waals surface area (Å²) in [5.41, 5.74) is 2.09. The molecule has 0 amide bonds. The molecule has 2 aromatic rings. The van der Waals surface area contributed by atoms with Crippen LogP contribution in [-0.4, -0.2) is 26.4 Å². The first-order chi connectivity index (χ1) is 9.25. The Balaban J connectivity index is 2.03. The average Bonchev–Trinajstić information content (AvgIpc) is 3.02. The minimum atomic E-state index is -0.796. The van der Waals surface area contributed by atoms with Gasteiger partial charge in [-0.2, -0.15) is 0 Å². The van der Waals surface area contributed by atoms with Gasteiger partial charge < -0.3 is 9.67 Å². The SMILES string of the molecule is O=C(O)CSc1nc2ccccc2n1C1CCCC1. The van der Waals surface area contributed by atoms with E-state index in [0.29, 0.717) is 6.04 Å². The summed E-state index contributed by atoms with van der Waals surface area (Å²) in [6, 6.07) is 8.53. The van der Waals surface area contributed by atoms with Crippen LogP contribution in [0.3, 0.4) is 0 Å². The predicted molar refractivity (Wildman–Crippen MR) is 75.6 cm³/mol. The van der Waals surface area contributed by atoms with Crippen LogP contribution in [-0.2, 0) is 4.79 Å². The van der Waals surface area contributed by atoms with E-state index in [1.165, 1.54) is 37.4 Å². The third-order valence-corrected chi connectivity index (χ3v) is 4.52. The van der Waals surface area contributed by atoms with Gasteiger partial charge in [0, 0.05) is 6.04 Å². The zero-order chi connectivity index (χ0) is 13.2. The van der Waals surface area contributed by atoms with Crippen molar-refractivity contribution in [2.75, 3.05) is 5.75 Å². The summed E-state index contributed by atoms with van der Waals surface area (Å²) in [6.07, 6.45) is 4.84. The summed E-state index contributed by atoms with van der Waals surface area (Å²) in [5, 5.41) is 9.69. The smallest absolute Gasteiger partial charge is 0.313 e. The summed E-state index contributed by atoms with van der Waals surface area (Å²) in [4.78, 5) is 15.4. The van der Waals surface area contributed by atoms with E-state index >= 15 is 0 Å². The molecule has 0 radical (unpaired) electrons. The molecular formula is C14H16N2O2S. The van der Waals surface area contributed by atoms with Gasteiger partial charge in [0.25, 0.3) is 0 Å². The number of hydrogen-bond donors (Lipinski definition) is 1. The van der Waals surface area contributed by atoms with Crippen molar-refractivity contribution in [2.45, 2.75) is 36.9 Å². The molecular weight excluding hydrogens is 260 g/mol. The van der Waals surface area contributed by atoms with Gasteiger partial charge >= 0.3 is 5.97 Å². The number of nitrogens with zero attached hydrogens (tertiary/aromatic N) is 2. The largest absolute Gasteiger partial charge is 0.481 e. The van der Waals surface area contributed by atoms with E-state index in [0.717, 1.165) is 16.2 Å². The molecule has 19 heavy (non-hydrogen) atoms. The van der Waals surface area contributed by atoms with Crippen LogP contribution in [0.1, 0.15) is 31.7 Å². The Kier molecular flexibility index (Phi) is 3.46. The van der Waals surface area contributed by atoms with E-state index in [4.69, 9.17) is 5.11 Å². The number of benzene rings is 1. The van der Waals surface area contributed by atoms with Gasteiger partial charge in [-0.15, -0.1) is 0 Å². The van der Waals surface area contributed by atoms with Crippen molar-refractivity contribution in [3.05, 3.63) is 24.3 Å². The highest BCUT2D eigenvalue weighted by atomic mass is 32.2. The number of carbonyl (C=O) groups is 1. The molecule has 0 saturated heterocycles. The number of carboxylic acid groups (broad SMARTS) is 1. The lowest BCUT2D eigenvalue weighted by Gasteiger charge is -2.15. The number of carboxylic acids is 1. The molecule has 3 rings (SSSR count). The minimum absolute atomic E-state index is 0.0655. The fraction of sp³-hybridized carbons (Fsp3) is 0.429. The van der Waals surface area contributed by atoms with E-state index < -0.39 is 5.97 Å². The first-order valence-corrected chi connectivity index (χ1v) is 7.56. The Morgan fingerprint density at radius 3 is 2.84 bits per heavy atom. The second kappa shape index (κ2) is 5.25. The maximum atomic E-state index is 10.8. The molecule has 1 heterocycles. The van der Waals surface area contributed by atoms with Crippen molar-refractivity contribution in [1.29, 1.82) is 0 Å². The van der Waals surface area contributed by atoms with Crippen LogP contribution >= 0.6 is 11.8 Å². The van der Waals surface area contributed by atoms with Gasteiger partial charge in [-0.3, -0.25) is 4.79 Å². The highest BCUT2D eigenvalue weighted by Crippen LogP contribution is 2.36. The van der Waals surface area contributed by atoms with Crippen LogP contribution in [0.25, 0.3) is 11.0 Å². The molecule has 0 aliphatic heterocycles. The van der Waals surface area contributed by atoms with Crippen molar-refractivity contribution in [3.8, 4) is 0 Å². The average molecular weight is 276 g/mol. The summed E-state index contributed by atoms with van der Waals surface area (Å²) >= 11 is 1.32. The van der Waals surface area contributed by atoms with Crippen molar-refractivity contribution in [3.63, 3.8) is 0 Å². The molecule has 0 atom stereocenters. The molecule has 1 aliphatic carbocycles. The summed E-state index contributed by atoms with van der Waals surface area (Å²) in [6.45, 7) is 0. The molecule has 1 aromatic heterocycles. The second-order valence-electron chi connectivity index (χ2n) is 4.87. The van der Waals surface area contributed by atoms with Crippen LogP contribution in [0.2, 0.25) is 0 Å². The zero-order valence-electron chi connectivity index (χ0n) is 10.6. The number of thioether (sulfide) groups is 1. The number of imidazole rings is 1. The van der Waals surface area contributed by atoms with E-state index in [2.05, 4.69) is 15.6 Å². The standard InChI is InChI=1S/C14H16N2O2S/c17-13(18)9-19-14-15-11-7-3-4-8-12(11)16(14)10-5-1-2-6-10/h3-4,7-8,10H,1-2,5-6,9H2,(H,17,18). The molecule has 5 heteroatoms. The van der Waals surface area contributed by atoms with Gasteiger partial charge in [-0.25, -0.2) is 4.98 Å². The fourth-order valence-corrected chi connectivity index (χ4v) is 3.57. The lowest BCUT2D eigenvalue weighted by atomic mass is 10.2. The Morgan fingerprint density at radius 1 is 1.37 bits per heavy atom. The lowest BCUT2D eigenvalue weighted by Crippen LogP contribution is -2.07. The van der Waals surface area contributed by atoms with Gasteiger partial charge in [-0.1, -0.05) is 36.7 Å². The first kappa shape index (κ1) is 12.5. The highest BCUT2D eigenvalue weighted by Gasteiger charge is 2.22. The number of aromatic nitrogens is 2. The summed E-state index contributed by atoms with van der Waals surface area (Å²) in [5.74, 6) is -0.731. The van der Waals surface area contributed by atoms with Gasteiger partial charge in [-0.05, 0) is 25.0 Å². The number of aliphatic carboxylic acids is 1. The third kappa shape index (κ3) is 2.47. The topological polar surface area (TPSA) is 55.1 Å². The molecule has 0 spiro atoms. The monoisotopic (exact) mass is 276 g/mol. The van der Waals surface area contributed by atoms with Crippen molar-refractivity contribution >= 4 is 28.8 Å². The maximum absolute atomic E-state index is 10.8. The Labute approximate surface area is 115 Å². The molecule has 100 valence electrons. The fourth-order valence-electron chi connectivity index (χ4n) is 2.77. The summed E-state index contributed by atoms with van der Waals surface area (Å²) in [7, 11) is 0. The molecule has 0 unspecified atom stereocenters. The number of rotatable bonds is 4. The van der Waals surface area contributed by atoms with Crippen LogP contribution < -0.4 is 0 Å². The van der Waals surface area contributed by atoms with Gasteiger partial charge in [0.05, 0.1) is 16.8 Å². The van der Waals surface area contributed by atoms with Gasteiger partial charge in [0.15, 0.2) is 5.16 Å². The Bertz CT molecular complexity index is 603. The van der Waals surface area contributed by atoms with Crippen LogP contribution in [0.5, 0.6) is 0 Å². The minimum Gasteiger partial charge on any atom is -0.481 e. The van der Waals surface area contributed by atoms with Gasteiger partial charge in [0.2, 0.25) is 0 Å². The molecule has 1 saturated carbocycles. The highest BCUT2D eigenvalue weighted by molar-refractivity contribution is 7.99. The molecule has 0 bridgehead atoms. The quantitative estimate of drug-likeness (QED) is 0.870. The van der Waals surface area contributed by atoms with E-state index in [9.17, 15) is 4.79 Å². The van der Waals surface area contributed by atoms with Crippen molar-refractivity contribution in [1.82, 2.24) is 9.55 Å². The van der Waals surface area contributed by atoms with Crippen molar-refractivity contribution in [2.24, 2.45) is 0 Å². The molecule has 1 fully saturated rings. The second-order valence-corrected chi connectivity index (χ2v) is 5.82. The Morgan fingerprint density at radius 2 is 2.11 bits per heavy atom. The van der Waals surface area contributed by atoms with Gasteiger partial charge in [0.1, 0.15) is 0 Å². The number of hydrogen-bond acceptors (Lipinski definition) is 3. The molecule has 1 N–H and O–H groups in total. The number of fused-ring (bicyclic) bond motifs is 1. The van der Waals surface area contributed by atoms with Crippen LogP contribution in [0.15, 0.2) is 29.4 Å². The van der Waals surface area contributed by atoms with Crippen LogP contribution in [0.4, 0.5) is 0 Å². The lowest BCUT2D eigenvalue weighted by molar-refractivity contribution is -0.133. The first-order valence-electron chi connectivity index (χ1n) is 6.57. The van der Waals surface area contributed by atoms with E-state index in [1.54, 1.807) is 0 Å². The van der Waals surface area contributed by atoms with Crippen LogP contribution in [0, 0.1) is 0 Å². The van der Waals surface area contributed by atoms with E-state index in [1.807, 2.05) is 18.2 Å². The molecule has 1 aromatic carbocycles. The zero-order valence-corrected chi connectivity index (χ0v) is 11.4. The van der Waals surface area contributed by atoms with Crippen molar-refractivity contribution < 1.29 is 9.90 Å². The third-order valence-electron chi connectivity index (χ3n) is 3.58. The van der Waals surface area contributed by atoms with E-state index in [-0.39, 0.29) is 5.75 Å². The predicted octanol–water partition coefficient (Wildman–Crippen LogP) is 3.33. The number of para-hydroxylation sites is 2.